The van der Waals surface area contributed by atoms with Gasteiger partial charge in [-0.3, -0.25) is 9.59 Å². The van der Waals surface area contributed by atoms with E-state index in [0.29, 0.717) is 16.8 Å². The van der Waals surface area contributed by atoms with Crippen LogP contribution in [0, 0.1) is 18.8 Å². The number of carbonyl (C=O) groups is 1. The van der Waals surface area contributed by atoms with Crippen LogP contribution in [0.15, 0.2) is 29.1 Å². The van der Waals surface area contributed by atoms with Crippen LogP contribution in [-0.4, -0.2) is 42.0 Å². The number of H-pyrrole nitrogens is 1. The van der Waals surface area contributed by atoms with Crippen LogP contribution in [0.1, 0.15) is 41.9 Å². The van der Waals surface area contributed by atoms with Gasteiger partial charge in [0.15, 0.2) is 0 Å². The van der Waals surface area contributed by atoms with Crippen LogP contribution >= 0.6 is 11.3 Å². The van der Waals surface area contributed by atoms with Crippen LogP contribution in [-0.2, 0) is 0 Å². The van der Waals surface area contributed by atoms with Crippen LogP contribution in [0.25, 0.3) is 21.0 Å². The molecule has 2 aromatic heterocycles. The lowest BCUT2D eigenvalue weighted by Gasteiger charge is -2.34. The first-order valence-electron chi connectivity index (χ1n) is 10.5. The highest BCUT2D eigenvalue weighted by Crippen LogP contribution is 2.30. The molecule has 154 valence electrons. The smallest absolute Gasteiger partial charge is 0.261 e. The molecule has 6 heteroatoms. The number of nitrogens with one attached hydrogen (secondary N) is 2. The van der Waals surface area contributed by atoms with E-state index in [1.54, 1.807) is 6.07 Å². The number of aromatic amines is 1. The number of piperidine rings is 1. The summed E-state index contributed by atoms with van der Waals surface area (Å²) in [6, 6.07) is 7.69. The van der Waals surface area contributed by atoms with Crippen molar-refractivity contribution in [1.29, 1.82) is 0 Å². The molecular weight excluding hydrogens is 382 g/mol. The van der Waals surface area contributed by atoms with Crippen molar-refractivity contribution >= 4 is 38.2 Å². The van der Waals surface area contributed by atoms with Gasteiger partial charge in [-0.15, -0.1) is 11.3 Å². The first kappa shape index (κ1) is 20.1. The van der Waals surface area contributed by atoms with Crippen molar-refractivity contribution in [2.24, 2.45) is 11.8 Å². The summed E-state index contributed by atoms with van der Waals surface area (Å²) in [6.07, 6.45) is 2.26. The molecule has 0 bridgehead atoms. The highest BCUT2D eigenvalue weighted by atomic mass is 32.1. The SMILES string of the molecule is Cc1ccc2[nH]c(=O)c3cc(C(=O)NCCCN4CC(C)CC(C)C4)sc3c2c1. The Morgan fingerprint density at radius 1 is 1.21 bits per heavy atom. The molecule has 1 saturated heterocycles. The van der Waals surface area contributed by atoms with Gasteiger partial charge in [-0.2, -0.15) is 0 Å². The van der Waals surface area contributed by atoms with Crippen LogP contribution in [0.3, 0.4) is 0 Å². The van der Waals surface area contributed by atoms with Crippen molar-refractivity contribution in [2.45, 2.75) is 33.6 Å². The number of benzene rings is 1. The minimum atomic E-state index is -0.139. The molecule has 0 radical (unpaired) electrons. The molecule has 1 aromatic carbocycles. The summed E-state index contributed by atoms with van der Waals surface area (Å²) in [7, 11) is 0. The quantitative estimate of drug-likeness (QED) is 0.620. The second kappa shape index (κ2) is 8.28. The van der Waals surface area contributed by atoms with Gasteiger partial charge in [-0.1, -0.05) is 25.5 Å². The number of hydrogen-bond donors (Lipinski definition) is 2. The second-order valence-corrected chi connectivity index (χ2v) is 9.72. The molecule has 2 N–H and O–H groups in total. The van der Waals surface area contributed by atoms with Gasteiger partial charge in [-0.25, -0.2) is 0 Å². The molecule has 0 spiro atoms. The number of likely N-dealkylation sites (tertiary alicyclic amines) is 1. The van der Waals surface area contributed by atoms with E-state index in [0.717, 1.165) is 59.1 Å². The summed E-state index contributed by atoms with van der Waals surface area (Å²) in [5.41, 5.74) is 1.80. The molecule has 3 aromatic rings. The fourth-order valence-electron chi connectivity index (χ4n) is 4.58. The van der Waals surface area contributed by atoms with Gasteiger partial charge in [0.1, 0.15) is 0 Å². The Bertz CT molecular complexity index is 1090. The largest absolute Gasteiger partial charge is 0.351 e. The van der Waals surface area contributed by atoms with E-state index in [2.05, 4.69) is 35.1 Å². The number of aromatic nitrogens is 1. The Labute approximate surface area is 175 Å². The predicted molar refractivity (Wildman–Crippen MR) is 121 cm³/mol. The highest BCUT2D eigenvalue weighted by molar-refractivity contribution is 7.21. The Morgan fingerprint density at radius 2 is 1.97 bits per heavy atom. The van der Waals surface area contributed by atoms with Crippen LogP contribution < -0.4 is 10.9 Å². The summed E-state index contributed by atoms with van der Waals surface area (Å²) in [6.45, 7) is 10.7. The highest BCUT2D eigenvalue weighted by Gasteiger charge is 2.21. The molecule has 0 aliphatic carbocycles. The molecular formula is C23H29N3O2S. The van der Waals surface area contributed by atoms with Gasteiger partial charge < -0.3 is 15.2 Å². The van der Waals surface area contributed by atoms with Gasteiger partial charge in [0, 0.05) is 35.2 Å². The van der Waals surface area contributed by atoms with Gasteiger partial charge >= 0.3 is 0 Å². The average Bonchev–Trinajstić information content (AvgIpc) is 3.12. The van der Waals surface area contributed by atoms with Crippen LogP contribution in [0.4, 0.5) is 0 Å². The molecule has 29 heavy (non-hydrogen) atoms. The number of fused-ring (bicyclic) bond motifs is 3. The summed E-state index contributed by atoms with van der Waals surface area (Å²) >= 11 is 1.40. The van der Waals surface area contributed by atoms with E-state index >= 15 is 0 Å². The van der Waals surface area contributed by atoms with Crippen LogP contribution in [0.5, 0.6) is 0 Å². The molecule has 5 nitrogen and oxygen atoms in total. The van der Waals surface area contributed by atoms with Crippen molar-refractivity contribution in [3.63, 3.8) is 0 Å². The first-order chi connectivity index (χ1) is 13.9. The zero-order chi connectivity index (χ0) is 20.5. The summed E-state index contributed by atoms with van der Waals surface area (Å²) < 4.78 is 0.883. The van der Waals surface area contributed by atoms with Gasteiger partial charge in [-0.05, 0) is 56.3 Å². The number of nitrogens with zero attached hydrogens (tertiary/aromatic N) is 1. The van der Waals surface area contributed by atoms with E-state index in [1.807, 2.05) is 19.1 Å². The normalized spacial score (nSPS) is 20.4. The van der Waals surface area contributed by atoms with Gasteiger partial charge in [0.05, 0.1) is 10.3 Å². The number of amides is 1. The lowest BCUT2D eigenvalue weighted by Crippen LogP contribution is -2.40. The maximum Gasteiger partial charge on any atom is 0.261 e. The summed E-state index contributed by atoms with van der Waals surface area (Å²) in [5.74, 6) is 1.42. The third-order valence-corrected chi connectivity index (χ3v) is 6.92. The minimum Gasteiger partial charge on any atom is -0.351 e. The maximum atomic E-state index is 12.7. The number of hydrogen-bond acceptors (Lipinski definition) is 4. The van der Waals surface area contributed by atoms with E-state index < -0.39 is 0 Å². The number of pyridine rings is 1. The monoisotopic (exact) mass is 411 g/mol. The lowest BCUT2D eigenvalue weighted by atomic mass is 9.92. The van der Waals surface area contributed by atoms with Gasteiger partial charge in [0.25, 0.3) is 11.5 Å². The molecule has 1 amide bonds. The van der Waals surface area contributed by atoms with E-state index in [-0.39, 0.29) is 11.5 Å². The summed E-state index contributed by atoms with van der Waals surface area (Å²) in [5, 5.41) is 4.62. The average molecular weight is 412 g/mol. The first-order valence-corrected chi connectivity index (χ1v) is 11.3. The van der Waals surface area contributed by atoms with E-state index in [4.69, 9.17) is 0 Å². The summed E-state index contributed by atoms with van der Waals surface area (Å²) in [4.78, 5) is 31.1. The predicted octanol–water partition coefficient (Wildman–Crippen LogP) is 4.15. The van der Waals surface area contributed by atoms with Gasteiger partial charge in [0.2, 0.25) is 0 Å². The molecule has 2 atom stereocenters. The van der Waals surface area contributed by atoms with E-state index in [9.17, 15) is 9.59 Å². The Kier molecular flexibility index (Phi) is 5.74. The second-order valence-electron chi connectivity index (χ2n) is 8.67. The van der Waals surface area contributed by atoms with Crippen molar-refractivity contribution in [1.82, 2.24) is 15.2 Å². The Morgan fingerprint density at radius 3 is 2.72 bits per heavy atom. The Balaban J connectivity index is 1.42. The topological polar surface area (TPSA) is 65.2 Å². The third-order valence-electron chi connectivity index (χ3n) is 5.75. The fourth-order valence-corrected chi connectivity index (χ4v) is 5.68. The molecule has 1 aliphatic heterocycles. The molecule has 3 heterocycles. The fraction of sp³-hybridized carbons (Fsp3) is 0.478. The van der Waals surface area contributed by atoms with E-state index in [1.165, 1.54) is 17.8 Å². The molecule has 1 aliphatic rings. The van der Waals surface area contributed by atoms with Crippen molar-refractivity contribution in [3.05, 3.63) is 45.1 Å². The molecule has 2 unspecified atom stereocenters. The van der Waals surface area contributed by atoms with Crippen molar-refractivity contribution in [2.75, 3.05) is 26.2 Å². The minimum absolute atomic E-state index is 0.0909. The molecule has 0 saturated carbocycles. The molecule has 4 rings (SSSR count). The maximum absolute atomic E-state index is 12.7. The van der Waals surface area contributed by atoms with Crippen LogP contribution in [0.2, 0.25) is 0 Å². The zero-order valence-corrected chi connectivity index (χ0v) is 18.2. The third kappa shape index (κ3) is 4.38. The number of rotatable bonds is 5. The molecule has 1 fully saturated rings. The Hall–Kier alpha value is -2.18. The number of carbonyl (C=O) groups excluding carboxylic acids is 1. The number of thiophene rings is 1. The lowest BCUT2D eigenvalue weighted by molar-refractivity contribution is 0.0951. The van der Waals surface area contributed by atoms with Crippen molar-refractivity contribution < 1.29 is 4.79 Å². The zero-order valence-electron chi connectivity index (χ0n) is 17.4. The standard InChI is InChI=1S/C23H29N3O2S/c1-14-5-6-19-17(10-14)21-18(22(27)25-19)11-20(29-21)23(28)24-7-4-8-26-12-15(2)9-16(3)13-26/h5-6,10-11,15-16H,4,7-9,12-13H2,1-3H3,(H,24,28)(H,25,27). The number of aryl methyl sites for hydroxylation is 1. The van der Waals surface area contributed by atoms with Crippen molar-refractivity contribution in [3.8, 4) is 0 Å².